The van der Waals surface area contributed by atoms with E-state index in [-0.39, 0.29) is 23.9 Å². The number of rotatable bonds is 2. The SMILES string of the molecule is O=C1C(Cc2ccccc2)N2C(=O)C3CCCN3C2(O)C2CCCN12. The van der Waals surface area contributed by atoms with Crippen molar-refractivity contribution in [3.63, 3.8) is 0 Å². The summed E-state index contributed by atoms with van der Waals surface area (Å²) in [5, 5.41) is 11.7. The molecule has 5 rings (SSSR count). The largest absolute Gasteiger partial charge is 0.357 e. The Balaban J connectivity index is 1.59. The summed E-state index contributed by atoms with van der Waals surface area (Å²) in [7, 11) is 0. The lowest BCUT2D eigenvalue weighted by atomic mass is 9.95. The zero-order valence-electron chi connectivity index (χ0n) is 14.2. The molecule has 25 heavy (non-hydrogen) atoms. The topological polar surface area (TPSA) is 64.1 Å². The van der Waals surface area contributed by atoms with Gasteiger partial charge >= 0.3 is 0 Å². The van der Waals surface area contributed by atoms with Gasteiger partial charge in [0.25, 0.3) is 0 Å². The lowest BCUT2D eigenvalue weighted by Gasteiger charge is -2.52. The van der Waals surface area contributed by atoms with Gasteiger partial charge in [-0.05, 0) is 31.2 Å². The normalized spacial score (nSPS) is 37.4. The Bertz CT molecular complexity index is 724. The molecule has 4 aliphatic rings. The van der Waals surface area contributed by atoms with E-state index in [2.05, 4.69) is 0 Å². The number of carbonyl (C=O) groups is 2. The maximum absolute atomic E-state index is 13.2. The molecular formula is C19H23N3O3. The maximum atomic E-state index is 13.2. The number of carbonyl (C=O) groups excluding carboxylic acids is 2. The van der Waals surface area contributed by atoms with Gasteiger partial charge in [-0.25, -0.2) is 4.90 Å². The second kappa shape index (κ2) is 5.29. The van der Waals surface area contributed by atoms with Gasteiger partial charge in [0.05, 0.1) is 12.1 Å². The highest BCUT2D eigenvalue weighted by molar-refractivity contribution is 5.94. The molecule has 4 fully saturated rings. The molecule has 4 aliphatic heterocycles. The monoisotopic (exact) mass is 341 g/mol. The molecule has 0 spiro atoms. The molecule has 4 unspecified atom stereocenters. The van der Waals surface area contributed by atoms with Crippen LogP contribution in [0.15, 0.2) is 30.3 Å². The van der Waals surface area contributed by atoms with Crippen molar-refractivity contribution in [2.75, 3.05) is 13.1 Å². The summed E-state index contributed by atoms with van der Waals surface area (Å²) in [6.45, 7) is 1.40. The average molecular weight is 341 g/mol. The Kier molecular flexibility index (Phi) is 3.24. The minimum absolute atomic E-state index is 0.00875. The first-order valence-electron chi connectivity index (χ1n) is 9.29. The quantitative estimate of drug-likeness (QED) is 0.854. The van der Waals surface area contributed by atoms with E-state index in [1.165, 1.54) is 0 Å². The number of fused-ring (bicyclic) bond motifs is 5. The van der Waals surface area contributed by atoms with Crippen LogP contribution in [0.3, 0.4) is 0 Å². The highest BCUT2D eigenvalue weighted by atomic mass is 16.4. The van der Waals surface area contributed by atoms with Crippen molar-refractivity contribution in [2.24, 2.45) is 0 Å². The molecule has 6 nitrogen and oxygen atoms in total. The third-order valence-electron chi connectivity index (χ3n) is 6.40. The van der Waals surface area contributed by atoms with Crippen LogP contribution in [0.4, 0.5) is 0 Å². The number of nitrogens with zero attached hydrogens (tertiary/aromatic N) is 3. The van der Waals surface area contributed by atoms with Crippen LogP contribution < -0.4 is 0 Å². The summed E-state index contributed by atoms with van der Waals surface area (Å²) < 4.78 is 0. The first-order chi connectivity index (χ1) is 12.1. The predicted molar refractivity (Wildman–Crippen MR) is 90.2 cm³/mol. The predicted octanol–water partition coefficient (Wildman–Crippen LogP) is 0.555. The van der Waals surface area contributed by atoms with E-state index in [9.17, 15) is 14.7 Å². The van der Waals surface area contributed by atoms with Crippen LogP contribution in [0, 0.1) is 0 Å². The van der Waals surface area contributed by atoms with Crippen LogP contribution in [0.5, 0.6) is 0 Å². The molecular weight excluding hydrogens is 318 g/mol. The molecule has 6 heteroatoms. The Morgan fingerprint density at radius 1 is 1.04 bits per heavy atom. The molecule has 0 saturated carbocycles. The molecule has 4 saturated heterocycles. The highest BCUT2D eigenvalue weighted by Gasteiger charge is 2.68. The van der Waals surface area contributed by atoms with Crippen LogP contribution in [0.25, 0.3) is 0 Å². The summed E-state index contributed by atoms with van der Waals surface area (Å²) in [6, 6.07) is 8.61. The Morgan fingerprint density at radius 2 is 1.80 bits per heavy atom. The fraction of sp³-hybridized carbons (Fsp3) is 0.579. The summed E-state index contributed by atoms with van der Waals surface area (Å²) in [6.07, 6.45) is 3.80. The van der Waals surface area contributed by atoms with E-state index in [0.717, 1.165) is 37.8 Å². The van der Waals surface area contributed by atoms with Crippen molar-refractivity contribution >= 4 is 11.8 Å². The highest BCUT2D eigenvalue weighted by Crippen LogP contribution is 2.47. The third kappa shape index (κ3) is 1.92. The van der Waals surface area contributed by atoms with E-state index >= 15 is 0 Å². The molecule has 0 aliphatic carbocycles. The minimum atomic E-state index is -1.33. The second-order valence-electron chi connectivity index (χ2n) is 7.64. The van der Waals surface area contributed by atoms with E-state index in [1.807, 2.05) is 40.1 Å². The van der Waals surface area contributed by atoms with E-state index < -0.39 is 11.9 Å². The fourth-order valence-electron chi connectivity index (χ4n) is 5.36. The van der Waals surface area contributed by atoms with Gasteiger partial charge in [0, 0.05) is 19.5 Å². The number of benzene rings is 1. The molecule has 0 radical (unpaired) electrons. The zero-order valence-corrected chi connectivity index (χ0v) is 14.2. The molecule has 1 N–H and O–H groups in total. The van der Waals surface area contributed by atoms with Crippen molar-refractivity contribution in [2.45, 2.75) is 56.1 Å². The van der Waals surface area contributed by atoms with Gasteiger partial charge in [-0.1, -0.05) is 30.3 Å². The molecule has 0 aromatic heterocycles. The number of hydrogen-bond acceptors (Lipinski definition) is 4. The van der Waals surface area contributed by atoms with Gasteiger partial charge in [0.2, 0.25) is 17.7 Å². The van der Waals surface area contributed by atoms with Crippen molar-refractivity contribution in [1.82, 2.24) is 14.7 Å². The van der Waals surface area contributed by atoms with Crippen LogP contribution in [-0.4, -0.2) is 68.7 Å². The van der Waals surface area contributed by atoms with Crippen molar-refractivity contribution in [1.29, 1.82) is 0 Å². The molecule has 4 heterocycles. The van der Waals surface area contributed by atoms with E-state index in [0.29, 0.717) is 13.0 Å². The van der Waals surface area contributed by atoms with Crippen LogP contribution in [0.2, 0.25) is 0 Å². The molecule has 132 valence electrons. The number of piperazine rings is 1. The number of aliphatic hydroxyl groups is 1. The third-order valence-corrected chi connectivity index (χ3v) is 6.40. The molecule has 2 amide bonds. The number of hydrogen-bond donors (Lipinski definition) is 1. The summed E-state index contributed by atoms with van der Waals surface area (Å²) in [4.78, 5) is 31.6. The van der Waals surface area contributed by atoms with Crippen LogP contribution in [0.1, 0.15) is 31.2 Å². The average Bonchev–Trinajstić information content (AvgIpc) is 3.32. The fourth-order valence-corrected chi connectivity index (χ4v) is 5.36. The van der Waals surface area contributed by atoms with Crippen molar-refractivity contribution in [3.05, 3.63) is 35.9 Å². The van der Waals surface area contributed by atoms with Gasteiger partial charge in [-0.3, -0.25) is 14.5 Å². The van der Waals surface area contributed by atoms with Gasteiger partial charge < -0.3 is 10.0 Å². The van der Waals surface area contributed by atoms with Crippen LogP contribution in [-0.2, 0) is 16.0 Å². The maximum Gasteiger partial charge on any atom is 0.246 e. The first-order valence-corrected chi connectivity index (χ1v) is 9.29. The number of amides is 2. The Labute approximate surface area is 147 Å². The molecule has 4 atom stereocenters. The van der Waals surface area contributed by atoms with Crippen molar-refractivity contribution < 1.29 is 14.7 Å². The van der Waals surface area contributed by atoms with Gasteiger partial charge in [0.1, 0.15) is 6.04 Å². The molecule has 0 bridgehead atoms. The first kappa shape index (κ1) is 15.3. The Hall–Kier alpha value is -1.92. The molecule has 1 aromatic carbocycles. The lowest BCUT2D eigenvalue weighted by Crippen LogP contribution is -2.74. The summed E-state index contributed by atoms with van der Waals surface area (Å²) in [5.41, 5.74) is 1.01. The van der Waals surface area contributed by atoms with Crippen LogP contribution >= 0.6 is 0 Å². The Morgan fingerprint density at radius 3 is 2.60 bits per heavy atom. The van der Waals surface area contributed by atoms with Gasteiger partial charge in [-0.15, -0.1) is 0 Å². The second-order valence-corrected chi connectivity index (χ2v) is 7.64. The summed E-state index contributed by atoms with van der Waals surface area (Å²) >= 11 is 0. The minimum Gasteiger partial charge on any atom is -0.357 e. The molecule has 1 aromatic rings. The smallest absolute Gasteiger partial charge is 0.246 e. The zero-order chi connectivity index (χ0) is 17.2. The van der Waals surface area contributed by atoms with E-state index in [1.54, 1.807) is 4.90 Å². The van der Waals surface area contributed by atoms with E-state index in [4.69, 9.17) is 0 Å². The lowest BCUT2D eigenvalue weighted by molar-refractivity contribution is -0.240. The standard InChI is InChI=1S/C19H23N3O3/c23-17-15(12-13-6-2-1-3-7-13)22-18(24)14-8-4-11-21(14)19(22,25)16-9-5-10-20(16)17/h1-3,6-7,14-16,25H,4-5,8-12H2. The van der Waals surface area contributed by atoms with Crippen molar-refractivity contribution in [3.8, 4) is 0 Å². The summed E-state index contributed by atoms with van der Waals surface area (Å²) in [5.74, 6) is -1.41. The van der Waals surface area contributed by atoms with Gasteiger partial charge in [0.15, 0.2) is 0 Å². The van der Waals surface area contributed by atoms with Gasteiger partial charge in [-0.2, -0.15) is 0 Å².